The van der Waals surface area contributed by atoms with Crippen LogP contribution >= 0.6 is 0 Å². The Labute approximate surface area is 198 Å². The standard InChI is InChI=1S/C24H25N3O6S/c1-3-33-22-15-19(12-13-21(22)32-2)24(29)27-26-23(28)18-10-7-11-20(14-18)34(30,31)25-16-17-8-5-4-6-9-17/h4-15,25H,3,16H2,1-2H3,(H,26,28)(H,27,29). The van der Waals surface area contributed by atoms with Crippen molar-refractivity contribution in [3.63, 3.8) is 0 Å². The van der Waals surface area contributed by atoms with E-state index in [-0.39, 0.29) is 22.6 Å². The van der Waals surface area contributed by atoms with Crippen LogP contribution in [0.25, 0.3) is 0 Å². The van der Waals surface area contributed by atoms with Crippen molar-refractivity contribution in [3.05, 3.63) is 89.5 Å². The monoisotopic (exact) mass is 483 g/mol. The summed E-state index contributed by atoms with van der Waals surface area (Å²) in [6, 6.07) is 19.2. The van der Waals surface area contributed by atoms with E-state index < -0.39 is 21.8 Å². The number of hydrogen-bond donors (Lipinski definition) is 3. The van der Waals surface area contributed by atoms with Crippen LogP contribution in [-0.4, -0.2) is 33.9 Å². The molecule has 0 heterocycles. The number of benzene rings is 3. The van der Waals surface area contributed by atoms with Gasteiger partial charge in [0.25, 0.3) is 11.8 Å². The van der Waals surface area contributed by atoms with Crippen LogP contribution < -0.4 is 25.0 Å². The molecule has 0 atom stereocenters. The van der Waals surface area contributed by atoms with Gasteiger partial charge in [-0.15, -0.1) is 0 Å². The van der Waals surface area contributed by atoms with Crippen LogP contribution in [0.4, 0.5) is 0 Å². The fraction of sp³-hybridized carbons (Fsp3) is 0.167. The van der Waals surface area contributed by atoms with Gasteiger partial charge in [0, 0.05) is 17.7 Å². The summed E-state index contributed by atoms with van der Waals surface area (Å²) in [5.74, 6) is -0.386. The van der Waals surface area contributed by atoms with Crippen molar-refractivity contribution in [2.45, 2.75) is 18.4 Å². The first-order chi connectivity index (χ1) is 16.3. The Hall–Kier alpha value is -3.89. The highest BCUT2D eigenvalue weighted by Gasteiger charge is 2.17. The fourth-order valence-electron chi connectivity index (χ4n) is 3.01. The zero-order valence-corrected chi connectivity index (χ0v) is 19.5. The number of nitrogens with one attached hydrogen (secondary N) is 3. The van der Waals surface area contributed by atoms with Gasteiger partial charge in [0.1, 0.15) is 0 Å². The molecular formula is C24H25N3O6S. The molecule has 0 spiro atoms. The molecule has 34 heavy (non-hydrogen) atoms. The van der Waals surface area contributed by atoms with Crippen molar-refractivity contribution in [3.8, 4) is 11.5 Å². The maximum Gasteiger partial charge on any atom is 0.269 e. The normalized spacial score (nSPS) is 10.9. The van der Waals surface area contributed by atoms with Gasteiger partial charge in [0.15, 0.2) is 11.5 Å². The largest absolute Gasteiger partial charge is 0.493 e. The average Bonchev–Trinajstić information content (AvgIpc) is 2.86. The summed E-state index contributed by atoms with van der Waals surface area (Å²) < 4.78 is 38.4. The first-order valence-electron chi connectivity index (χ1n) is 10.4. The van der Waals surface area contributed by atoms with Crippen molar-refractivity contribution in [1.29, 1.82) is 0 Å². The summed E-state index contributed by atoms with van der Waals surface area (Å²) in [7, 11) is -2.36. The quantitative estimate of drug-likeness (QED) is 0.402. The lowest BCUT2D eigenvalue weighted by atomic mass is 10.2. The Balaban J connectivity index is 1.65. The van der Waals surface area contributed by atoms with Crippen molar-refractivity contribution in [2.24, 2.45) is 0 Å². The molecule has 0 aliphatic carbocycles. The zero-order chi connectivity index (χ0) is 24.6. The van der Waals surface area contributed by atoms with Gasteiger partial charge in [0.2, 0.25) is 10.0 Å². The number of rotatable bonds is 9. The molecule has 0 fully saturated rings. The molecule has 0 aliphatic rings. The zero-order valence-electron chi connectivity index (χ0n) is 18.7. The molecule has 178 valence electrons. The second-order valence-electron chi connectivity index (χ2n) is 7.04. The first-order valence-corrected chi connectivity index (χ1v) is 11.9. The lowest BCUT2D eigenvalue weighted by Crippen LogP contribution is -2.41. The second kappa shape index (κ2) is 11.3. The van der Waals surface area contributed by atoms with Gasteiger partial charge < -0.3 is 9.47 Å². The minimum atomic E-state index is -3.85. The molecule has 0 aromatic heterocycles. The summed E-state index contributed by atoms with van der Waals surface area (Å²) in [6.45, 7) is 2.30. The molecular weight excluding hydrogens is 458 g/mol. The van der Waals surface area contributed by atoms with Gasteiger partial charge in [-0.25, -0.2) is 13.1 Å². The molecule has 3 aromatic carbocycles. The Morgan fingerprint density at radius 1 is 0.824 bits per heavy atom. The topological polar surface area (TPSA) is 123 Å². The molecule has 0 aliphatic heterocycles. The third-order valence-corrected chi connectivity index (χ3v) is 6.13. The third kappa shape index (κ3) is 6.33. The van der Waals surface area contributed by atoms with Crippen LogP contribution in [0, 0.1) is 0 Å². The minimum absolute atomic E-state index is 0.0626. The maximum absolute atomic E-state index is 12.6. The molecule has 2 amide bonds. The van der Waals surface area contributed by atoms with Gasteiger partial charge >= 0.3 is 0 Å². The number of carbonyl (C=O) groups is 2. The highest BCUT2D eigenvalue weighted by Crippen LogP contribution is 2.28. The Bertz CT molecular complexity index is 1260. The van der Waals surface area contributed by atoms with E-state index in [0.29, 0.717) is 18.1 Å². The number of carbonyl (C=O) groups excluding carboxylic acids is 2. The molecule has 0 unspecified atom stereocenters. The molecule has 3 aromatic rings. The summed E-state index contributed by atoms with van der Waals surface area (Å²) in [4.78, 5) is 24.9. The van der Waals surface area contributed by atoms with E-state index in [1.807, 2.05) is 18.2 Å². The lowest BCUT2D eigenvalue weighted by molar-refractivity contribution is 0.0846. The molecule has 10 heteroatoms. The number of amides is 2. The van der Waals surface area contributed by atoms with Crippen LogP contribution in [0.2, 0.25) is 0 Å². The average molecular weight is 484 g/mol. The van der Waals surface area contributed by atoms with E-state index >= 15 is 0 Å². The van der Waals surface area contributed by atoms with Crippen LogP contribution in [0.3, 0.4) is 0 Å². The predicted octanol–water partition coefficient (Wildman–Crippen LogP) is 2.65. The Kier molecular flexibility index (Phi) is 8.23. The molecule has 0 radical (unpaired) electrons. The third-order valence-electron chi connectivity index (χ3n) is 4.73. The highest BCUT2D eigenvalue weighted by atomic mass is 32.2. The predicted molar refractivity (Wildman–Crippen MR) is 126 cm³/mol. The molecule has 3 rings (SSSR count). The molecule has 3 N–H and O–H groups in total. The van der Waals surface area contributed by atoms with E-state index in [1.165, 1.54) is 43.5 Å². The summed E-state index contributed by atoms with van der Waals surface area (Å²) in [5, 5.41) is 0. The van der Waals surface area contributed by atoms with Crippen molar-refractivity contribution in [1.82, 2.24) is 15.6 Å². The van der Waals surface area contributed by atoms with Crippen LogP contribution in [0.5, 0.6) is 11.5 Å². The van der Waals surface area contributed by atoms with E-state index in [4.69, 9.17) is 9.47 Å². The smallest absolute Gasteiger partial charge is 0.269 e. The second-order valence-corrected chi connectivity index (χ2v) is 8.81. The number of methoxy groups -OCH3 is 1. The van der Waals surface area contributed by atoms with Crippen molar-refractivity contribution < 1.29 is 27.5 Å². The summed E-state index contributed by atoms with van der Waals surface area (Å²) in [5.41, 5.74) is 5.70. The summed E-state index contributed by atoms with van der Waals surface area (Å²) >= 11 is 0. The number of ether oxygens (including phenoxy) is 2. The van der Waals surface area contributed by atoms with Gasteiger partial charge in [-0.05, 0) is 48.9 Å². The van der Waals surface area contributed by atoms with E-state index in [2.05, 4.69) is 15.6 Å². The van der Waals surface area contributed by atoms with Crippen LogP contribution in [0.15, 0.2) is 77.7 Å². The fourth-order valence-corrected chi connectivity index (χ4v) is 4.07. The maximum atomic E-state index is 12.6. The molecule has 0 saturated carbocycles. The Morgan fingerprint density at radius 2 is 1.50 bits per heavy atom. The molecule has 9 nitrogen and oxygen atoms in total. The van der Waals surface area contributed by atoms with E-state index in [0.717, 1.165) is 5.56 Å². The number of sulfonamides is 1. The van der Waals surface area contributed by atoms with Gasteiger partial charge in [-0.2, -0.15) is 0 Å². The van der Waals surface area contributed by atoms with Crippen molar-refractivity contribution >= 4 is 21.8 Å². The summed E-state index contributed by atoms with van der Waals surface area (Å²) in [6.07, 6.45) is 0. The molecule has 0 bridgehead atoms. The number of hydrogen-bond acceptors (Lipinski definition) is 6. The van der Waals surface area contributed by atoms with Crippen molar-refractivity contribution in [2.75, 3.05) is 13.7 Å². The minimum Gasteiger partial charge on any atom is -0.493 e. The van der Waals surface area contributed by atoms with Crippen LogP contribution in [0.1, 0.15) is 33.2 Å². The first kappa shape index (κ1) is 24.7. The van der Waals surface area contributed by atoms with Crippen LogP contribution in [-0.2, 0) is 16.6 Å². The lowest BCUT2D eigenvalue weighted by Gasteiger charge is -2.12. The van der Waals surface area contributed by atoms with Gasteiger partial charge in [-0.1, -0.05) is 36.4 Å². The van der Waals surface area contributed by atoms with E-state index in [9.17, 15) is 18.0 Å². The molecule has 0 saturated heterocycles. The number of hydrazine groups is 1. The SMILES string of the molecule is CCOc1cc(C(=O)NNC(=O)c2cccc(S(=O)(=O)NCc3ccccc3)c2)ccc1OC. The van der Waals surface area contributed by atoms with Gasteiger partial charge in [0.05, 0.1) is 18.6 Å². The highest BCUT2D eigenvalue weighted by molar-refractivity contribution is 7.89. The Morgan fingerprint density at radius 3 is 2.15 bits per heavy atom. The van der Waals surface area contributed by atoms with E-state index in [1.54, 1.807) is 25.1 Å². The van der Waals surface area contributed by atoms with Gasteiger partial charge in [-0.3, -0.25) is 20.4 Å².